The number of hydrogen-bond acceptors (Lipinski definition) is 5. The van der Waals surface area contributed by atoms with Crippen LogP contribution in [-0.4, -0.2) is 36.7 Å². The van der Waals surface area contributed by atoms with Crippen LogP contribution < -0.4 is 10.9 Å². The standard InChI is InChI=1S/C23H29N5O2/c1-16(2)24-22-20(21(25-26-22)17-9-5-3-6-10-17)18-11-12-19(29)28(27-18)15-23(30)13-7-4-8-14-23/h3,5-6,9-12,16,30H,4,7-8,13-15H2,1-2H3,(H2,24,25,26). The summed E-state index contributed by atoms with van der Waals surface area (Å²) in [5, 5.41) is 26.6. The lowest BCUT2D eigenvalue weighted by molar-refractivity contribution is -0.0153. The van der Waals surface area contributed by atoms with Crippen molar-refractivity contribution in [3.63, 3.8) is 0 Å². The molecule has 0 unspecified atom stereocenters. The van der Waals surface area contributed by atoms with E-state index in [0.717, 1.165) is 36.1 Å². The van der Waals surface area contributed by atoms with Gasteiger partial charge in [-0.05, 0) is 32.8 Å². The molecule has 0 atom stereocenters. The van der Waals surface area contributed by atoms with E-state index in [1.807, 2.05) is 44.2 Å². The number of hydrogen-bond donors (Lipinski definition) is 3. The molecule has 7 nitrogen and oxygen atoms in total. The molecule has 1 aromatic carbocycles. The van der Waals surface area contributed by atoms with Gasteiger partial charge in [-0.15, -0.1) is 0 Å². The van der Waals surface area contributed by atoms with E-state index in [9.17, 15) is 9.90 Å². The average Bonchev–Trinajstić information content (AvgIpc) is 3.13. The smallest absolute Gasteiger partial charge is 0.266 e. The predicted molar refractivity (Wildman–Crippen MR) is 118 cm³/mol. The zero-order valence-corrected chi connectivity index (χ0v) is 17.6. The molecule has 1 aliphatic rings. The maximum atomic E-state index is 12.5. The van der Waals surface area contributed by atoms with Gasteiger partial charge in [0.25, 0.3) is 5.56 Å². The Morgan fingerprint density at radius 1 is 1.13 bits per heavy atom. The molecule has 0 amide bonds. The van der Waals surface area contributed by atoms with Gasteiger partial charge in [-0.25, -0.2) is 4.68 Å². The van der Waals surface area contributed by atoms with Crippen molar-refractivity contribution in [3.8, 4) is 22.5 Å². The third kappa shape index (κ3) is 4.31. The van der Waals surface area contributed by atoms with Crippen molar-refractivity contribution in [3.05, 3.63) is 52.8 Å². The molecule has 4 rings (SSSR count). The number of H-pyrrole nitrogens is 1. The highest BCUT2D eigenvalue weighted by Gasteiger charge is 2.30. The number of nitrogens with one attached hydrogen (secondary N) is 2. The topological polar surface area (TPSA) is 95.8 Å². The van der Waals surface area contributed by atoms with Gasteiger partial charge < -0.3 is 10.4 Å². The Hall–Kier alpha value is -2.93. The van der Waals surface area contributed by atoms with Crippen molar-refractivity contribution < 1.29 is 5.11 Å². The van der Waals surface area contributed by atoms with Crippen molar-refractivity contribution in [2.45, 2.75) is 64.1 Å². The number of benzene rings is 1. The van der Waals surface area contributed by atoms with Crippen LogP contribution >= 0.6 is 0 Å². The van der Waals surface area contributed by atoms with Crippen molar-refractivity contribution in [1.29, 1.82) is 0 Å². The summed E-state index contributed by atoms with van der Waals surface area (Å²) < 4.78 is 1.40. The quantitative estimate of drug-likeness (QED) is 0.577. The van der Waals surface area contributed by atoms with Crippen molar-refractivity contribution in [2.75, 3.05) is 5.32 Å². The fourth-order valence-electron chi connectivity index (χ4n) is 4.13. The number of nitrogens with zero attached hydrogens (tertiary/aromatic N) is 3. The molecule has 0 aliphatic heterocycles. The monoisotopic (exact) mass is 407 g/mol. The summed E-state index contributed by atoms with van der Waals surface area (Å²) in [4.78, 5) is 12.5. The maximum absolute atomic E-state index is 12.5. The van der Waals surface area contributed by atoms with Gasteiger partial charge in [-0.2, -0.15) is 10.2 Å². The van der Waals surface area contributed by atoms with E-state index in [1.165, 1.54) is 10.7 Å². The highest BCUT2D eigenvalue weighted by molar-refractivity contribution is 5.87. The zero-order valence-electron chi connectivity index (χ0n) is 17.6. The fraction of sp³-hybridized carbons (Fsp3) is 0.435. The van der Waals surface area contributed by atoms with Gasteiger partial charge in [0, 0.05) is 17.7 Å². The number of aliphatic hydroxyl groups is 1. The molecule has 1 saturated carbocycles. The first-order valence-corrected chi connectivity index (χ1v) is 10.7. The summed E-state index contributed by atoms with van der Waals surface area (Å²) in [5.41, 5.74) is 2.21. The second-order valence-corrected chi connectivity index (χ2v) is 8.49. The first-order valence-electron chi connectivity index (χ1n) is 10.7. The molecule has 0 saturated heterocycles. The lowest BCUT2D eigenvalue weighted by Crippen LogP contribution is -2.40. The third-order valence-corrected chi connectivity index (χ3v) is 5.61. The molecule has 2 heterocycles. The van der Waals surface area contributed by atoms with E-state index in [4.69, 9.17) is 0 Å². The highest BCUT2D eigenvalue weighted by atomic mass is 16.3. The van der Waals surface area contributed by atoms with Crippen LogP contribution in [0.2, 0.25) is 0 Å². The number of aromatic amines is 1. The summed E-state index contributed by atoms with van der Waals surface area (Å²) >= 11 is 0. The Balaban J connectivity index is 1.78. The molecule has 2 aromatic heterocycles. The summed E-state index contributed by atoms with van der Waals surface area (Å²) in [6, 6.07) is 13.4. The molecule has 158 valence electrons. The normalized spacial score (nSPS) is 16.0. The Labute approximate surface area is 176 Å². The van der Waals surface area contributed by atoms with Crippen LogP contribution in [0.3, 0.4) is 0 Å². The Morgan fingerprint density at radius 2 is 1.87 bits per heavy atom. The molecule has 30 heavy (non-hydrogen) atoms. The van der Waals surface area contributed by atoms with Gasteiger partial charge in [0.2, 0.25) is 0 Å². The van der Waals surface area contributed by atoms with E-state index in [0.29, 0.717) is 24.4 Å². The van der Waals surface area contributed by atoms with Crippen LogP contribution in [0.5, 0.6) is 0 Å². The minimum absolute atomic E-state index is 0.185. The second-order valence-electron chi connectivity index (χ2n) is 8.49. The van der Waals surface area contributed by atoms with Gasteiger partial charge in [-0.3, -0.25) is 9.89 Å². The van der Waals surface area contributed by atoms with Crippen molar-refractivity contribution in [2.24, 2.45) is 0 Å². The summed E-state index contributed by atoms with van der Waals surface area (Å²) in [7, 11) is 0. The molecule has 3 aromatic rings. The van der Waals surface area contributed by atoms with E-state index in [-0.39, 0.29) is 18.1 Å². The number of rotatable bonds is 6. The second kappa shape index (κ2) is 8.44. The van der Waals surface area contributed by atoms with Crippen LogP contribution in [0.4, 0.5) is 5.82 Å². The predicted octanol–water partition coefficient (Wildman–Crippen LogP) is 3.82. The van der Waals surface area contributed by atoms with Gasteiger partial charge in [0.1, 0.15) is 0 Å². The average molecular weight is 408 g/mol. The van der Waals surface area contributed by atoms with Gasteiger partial charge >= 0.3 is 0 Å². The molecular formula is C23H29N5O2. The molecular weight excluding hydrogens is 378 g/mol. The van der Waals surface area contributed by atoms with Crippen LogP contribution in [0, 0.1) is 0 Å². The Morgan fingerprint density at radius 3 is 2.57 bits per heavy atom. The minimum atomic E-state index is -0.870. The maximum Gasteiger partial charge on any atom is 0.266 e. The van der Waals surface area contributed by atoms with Crippen LogP contribution in [0.1, 0.15) is 46.0 Å². The highest BCUT2D eigenvalue weighted by Crippen LogP contribution is 2.35. The van der Waals surface area contributed by atoms with Crippen LogP contribution in [0.15, 0.2) is 47.3 Å². The summed E-state index contributed by atoms with van der Waals surface area (Å²) in [5.74, 6) is 0.693. The first-order chi connectivity index (χ1) is 14.5. The molecule has 0 bridgehead atoms. The van der Waals surface area contributed by atoms with Crippen LogP contribution in [0.25, 0.3) is 22.5 Å². The lowest BCUT2D eigenvalue weighted by Gasteiger charge is -2.32. The van der Waals surface area contributed by atoms with E-state index in [2.05, 4.69) is 20.6 Å². The SMILES string of the molecule is CC(C)Nc1n[nH]c(-c2ccccc2)c1-c1ccc(=O)n(CC2(O)CCCCC2)n1. The first kappa shape index (κ1) is 20.3. The molecule has 0 radical (unpaired) electrons. The van der Waals surface area contributed by atoms with E-state index in [1.54, 1.807) is 6.07 Å². The summed E-state index contributed by atoms with van der Waals surface area (Å²) in [6.45, 7) is 4.31. The van der Waals surface area contributed by atoms with Gasteiger partial charge in [0.05, 0.1) is 29.1 Å². The molecule has 3 N–H and O–H groups in total. The fourth-order valence-corrected chi connectivity index (χ4v) is 4.13. The molecule has 7 heteroatoms. The van der Waals surface area contributed by atoms with Crippen LogP contribution in [-0.2, 0) is 6.54 Å². The van der Waals surface area contributed by atoms with E-state index < -0.39 is 5.60 Å². The van der Waals surface area contributed by atoms with E-state index >= 15 is 0 Å². The van der Waals surface area contributed by atoms with Crippen molar-refractivity contribution >= 4 is 5.82 Å². The van der Waals surface area contributed by atoms with Gasteiger partial charge in [-0.1, -0.05) is 49.6 Å². The largest absolute Gasteiger partial charge is 0.388 e. The van der Waals surface area contributed by atoms with Crippen molar-refractivity contribution in [1.82, 2.24) is 20.0 Å². The molecule has 1 fully saturated rings. The molecule has 0 spiro atoms. The zero-order chi connectivity index (χ0) is 21.1. The minimum Gasteiger partial charge on any atom is -0.388 e. The summed E-state index contributed by atoms with van der Waals surface area (Å²) in [6.07, 6.45) is 4.49. The number of aromatic nitrogens is 4. The molecule has 1 aliphatic carbocycles. The van der Waals surface area contributed by atoms with Gasteiger partial charge in [0.15, 0.2) is 5.82 Å². The number of anilines is 1. The Kier molecular flexibility index (Phi) is 5.72. The Bertz CT molecular complexity index is 1050. The lowest BCUT2D eigenvalue weighted by atomic mass is 9.85. The third-order valence-electron chi connectivity index (χ3n) is 5.61.